The Labute approximate surface area is 103 Å². The van der Waals surface area contributed by atoms with E-state index in [0.29, 0.717) is 11.6 Å². The topological polar surface area (TPSA) is 44.5 Å². The van der Waals surface area contributed by atoms with Crippen LogP contribution in [0, 0.1) is 5.92 Å². The molecule has 0 amide bonds. The monoisotopic (exact) mass is 235 g/mol. The molecule has 1 fully saturated rings. The fourth-order valence-electron chi connectivity index (χ4n) is 2.33. The molecule has 3 nitrogen and oxygen atoms in total. The summed E-state index contributed by atoms with van der Waals surface area (Å²) < 4.78 is 11.0. The molecule has 0 aliphatic heterocycles. The fraction of sp³-hybridized carbons (Fsp3) is 0.571. The standard InChI is InChI=1S/C14H21NO2/c1-16-12-7-8-13(15)14(9-12)17-10-11-5-3-2-4-6-11/h7-9,11H,2-6,10,15H2,1H3. The van der Waals surface area contributed by atoms with Crippen molar-refractivity contribution in [3.8, 4) is 11.5 Å². The highest BCUT2D eigenvalue weighted by Crippen LogP contribution is 2.29. The third-order valence-electron chi connectivity index (χ3n) is 3.42. The molecule has 17 heavy (non-hydrogen) atoms. The highest BCUT2D eigenvalue weighted by atomic mass is 16.5. The van der Waals surface area contributed by atoms with Crippen molar-refractivity contribution in [2.45, 2.75) is 32.1 Å². The van der Waals surface area contributed by atoms with Gasteiger partial charge in [-0.05, 0) is 30.9 Å². The third-order valence-corrected chi connectivity index (χ3v) is 3.42. The Bertz CT molecular complexity index is 359. The number of anilines is 1. The van der Waals surface area contributed by atoms with Gasteiger partial charge in [0, 0.05) is 6.07 Å². The maximum Gasteiger partial charge on any atom is 0.145 e. The van der Waals surface area contributed by atoms with E-state index in [-0.39, 0.29) is 0 Å². The summed E-state index contributed by atoms with van der Waals surface area (Å²) in [4.78, 5) is 0. The second-order valence-corrected chi connectivity index (χ2v) is 4.72. The van der Waals surface area contributed by atoms with Crippen molar-refractivity contribution in [2.75, 3.05) is 19.5 Å². The van der Waals surface area contributed by atoms with Gasteiger partial charge in [-0.1, -0.05) is 19.3 Å². The van der Waals surface area contributed by atoms with Gasteiger partial charge in [-0.2, -0.15) is 0 Å². The minimum Gasteiger partial charge on any atom is -0.497 e. The Morgan fingerprint density at radius 2 is 2.00 bits per heavy atom. The summed E-state index contributed by atoms with van der Waals surface area (Å²) in [5.41, 5.74) is 6.56. The molecular weight excluding hydrogens is 214 g/mol. The fourth-order valence-corrected chi connectivity index (χ4v) is 2.33. The number of nitrogen functional groups attached to an aromatic ring is 1. The number of nitrogens with two attached hydrogens (primary N) is 1. The lowest BCUT2D eigenvalue weighted by molar-refractivity contribution is 0.209. The molecule has 2 N–H and O–H groups in total. The van der Waals surface area contributed by atoms with Crippen molar-refractivity contribution in [1.82, 2.24) is 0 Å². The zero-order valence-corrected chi connectivity index (χ0v) is 10.4. The highest BCUT2D eigenvalue weighted by molar-refractivity contribution is 5.55. The molecule has 2 rings (SSSR count). The van der Waals surface area contributed by atoms with Gasteiger partial charge >= 0.3 is 0 Å². The average Bonchev–Trinajstić information content (AvgIpc) is 2.39. The largest absolute Gasteiger partial charge is 0.497 e. The lowest BCUT2D eigenvalue weighted by Gasteiger charge is -2.22. The van der Waals surface area contributed by atoms with Crippen LogP contribution in [0.15, 0.2) is 18.2 Å². The van der Waals surface area contributed by atoms with E-state index >= 15 is 0 Å². The number of hydrogen-bond acceptors (Lipinski definition) is 3. The van der Waals surface area contributed by atoms with Crippen LogP contribution in [0.1, 0.15) is 32.1 Å². The molecule has 0 unspecified atom stereocenters. The van der Waals surface area contributed by atoms with E-state index < -0.39 is 0 Å². The maximum absolute atomic E-state index is 5.88. The van der Waals surface area contributed by atoms with Crippen molar-refractivity contribution in [2.24, 2.45) is 5.92 Å². The minimum absolute atomic E-state index is 0.682. The van der Waals surface area contributed by atoms with Crippen molar-refractivity contribution < 1.29 is 9.47 Å². The maximum atomic E-state index is 5.88. The second-order valence-electron chi connectivity index (χ2n) is 4.72. The van der Waals surface area contributed by atoms with E-state index in [0.717, 1.165) is 18.1 Å². The lowest BCUT2D eigenvalue weighted by atomic mass is 9.90. The second kappa shape index (κ2) is 5.80. The van der Waals surface area contributed by atoms with Crippen molar-refractivity contribution in [1.29, 1.82) is 0 Å². The van der Waals surface area contributed by atoms with E-state index in [1.807, 2.05) is 18.2 Å². The Balaban J connectivity index is 1.92. The number of benzene rings is 1. The van der Waals surface area contributed by atoms with Crippen molar-refractivity contribution in [3.63, 3.8) is 0 Å². The predicted molar refractivity (Wildman–Crippen MR) is 69.5 cm³/mol. The molecule has 0 spiro atoms. The van der Waals surface area contributed by atoms with Crippen LogP contribution < -0.4 is 15.2 Å². The molecule has 0 radical (unpaired) electrons. The highest BCUT2D eigenvalue weighted by Gasteiger charge is 2.14. The van der Waals surface area contributed by atoms with Gasteiger partial charge in [-0.15, -0.1) is 0 Å². The van der Waals surface area contributed by atoms with Gasteiger partial charge in [0.15, 0.2) is 0 Å². The van der Waals surface area contributed by atoms with E-state index in [9.17, 15) is 0 Å². The van der Waals surface area contributed by atoms with Gasteiger partial charge in [-0.25, -0.2) is 0 Å². The Hall–Kier alpha value is -1.38. The Kier molecular flexibility index (Phi) is 4.13. The molecule has 0 heterocycles. The van der Waals surface area contributed by atoms with Gasteiger partial charge < -0.3 is 15.2 Å². The molecular formula is C14H21NO2. The molecule has 94 valence electrons. The van der Waals surface area contributed by atoms with Gasteiger partial charge in [-0.3, -0.25) is 0 Å². The average molecular weight is 235 g/mol. The number of ether oxygens (including phenoxy) is 2. The molecule has 1 saturated carbocycles. The Morgan fingerprint density at radius 1 is 1.24 bits per heavy atom. The molecule has 3 heteroatoms. The molecule has 0 bridgehead atoms. The molecule has 1 aliphatic rings. The first-order valence-electron chi connectivity index (χ1n) is 6.36. The molecule has 0 aromatic heterocycles. The molecule has 1 aromatic carbocycles. The first-order chi connectivity index (χ1) is 8.29. The quantitative estimate of drug-likeness (QED) is 0.815. The SMILES string of the molecule is COc1ccc(N)c(OCC2CCCCC2)c1. The van der Waals surface area contributed by atoms with E-state index in [2.05, 4.69) is 0 Å². The molecule has 0 saturated heterocycles. The summed E-state index contributed by atoms with van der Waals surface area (Å²) in [6.07, 6.45) is 6.61. The van der Waals surface area contributed by atoms with Crippen LogP contribution in [0.3, 0.4) is 0 Å². The van der Waals surface area contributed by atoms with Crippen molar-refractivity contribution >= 4 is 5.69 Å². The van der Waals surface area contributed by atoms with Crippen LogP contribution >= 0.6 is 0 Å². The number of methoxy groups -OCH3 is 1. The summed E-state index contributed by atoms with van der Waals surface area (Å²) in [5, 5.41) is 0. The van der Waals surface area contributed by atoms with Crippen molar-refractivity contribution in [3.05, 3.63) is 18.2 Å². The summed E-state index contributed by atoms with van der Waals surface area (Å²) in [5.74, 6) is 2.22. The van der Waals surface area contributed by atoms with Gasteiger partial charge in [0.1, 0.15) is 11.5 Å². The first-order valence-corrected chi connectivity index (χ1v) is 6.36. The molecule has 0 atom stereocenters. The first kappa shape index (κ1) is 12.1. The Morgan fingerprint density at radius 3 is 2.71 bits per heavy atom. The summed E-state index contributed by atoms with van der Waals surface area (Å²) >= 11 is 0. The zero-order chi connectivity index (χ0) is 12.1. The summed E-state index contributed by atoms with van der Waals surface area (Å²) in [6, 6.07) is 5.54. The summed E-state index contributed by atoms with van der Waals surface area (Å²) in [7, 11) is 1.65. The van der Waals surface area contributed by atoms with Crippen LogP contribution in [0.25, 0.3) is 0 Å². The molecule has 1 aliphatic carbocycles. The number of hydrogen-bond donors (Lipinski definition) is 1. The van der Waals surface area contributed by atoms with Crippen LogP contribution in [-0.4, -0.2) is 13.7 Å². The lowest BCUT2D eigenvalue weighted by Crippen LogP contribution is -2.15. The van der Waals surface area contributed by atoms with Gasteiger partial charge in [0.25, 0.3) is 0 Å². The van der Waals surface area contributed by atoms with E-state index in [4.69, 9.17) is 15.2 Å². The minimum atomic E-state index is 0.682. The van der Waals surface area contributed by atoms with Crippen LogP contribution in [-0.2, 0) is 0 Å². The smallest absolute Gasteiger partial charge is 0.145 e. The van der Waals surface area contributed by atoms with Gasteiger partial charge in [0.2, 0.25) is 0 Å². The zero-order valence-electron chi connectivity index (χ0n) is 10.4. The normalized spacial score (nSPS) is 16.8. The number of rotatable bonds is 4. The van der Waals surface area contributed by atoms with Crippen LogP contribution in [0.5, 0.6) is 11.5 Å². The van der Waals surface area contributed by atoms with Gasteiger partial charge in [0.05, 0.1) is 19.4 Å². The van der Waals surface area contributed by atoms with Crippen LogP contribution in [0.4, 0.5) is 5.69 Å². The molecule has 1 aromatic rings. The van der Waals surface area contributed by atoms with E-state index in [1.54, 1.807) is 7.11 Å². The predicted octanol–water partition coefficient (Wildman–Crippen LogP) is 3.24. The van der Waals surface area contributed by atoms with E-state index in [1.165, 1.54) is 32.1 Å². The summed E-state index contributed by atoms with van der Waals surface area (Å²) in [6.45, 7) is 0.775. The third kappa shape index (κ3) is 3.29. The van der Waals surface area contributed by atoms with Crippen LogP contribution in [0.2, 0.25) is 0 Å².